The fourth-order valence-corrected chi connectivity index (χ4v) is 3.25. The quantitative estimate of drug-likeness (QED) is 0.835. The standard InChI is InChI=1S/C19H19BrN2O3/c1-25-16-6-2-13(3-7-16)11-21-18(23)12-22-17-8-5-15(20)10-14(17)4-9-19(22)24/h2-3,5-8,10H,4,9,11-12H2,1H3,(H,21,23). The van der Waals surface area contributed by atoms with E-state index >= 15 is 0 Å². The number of nitrogens with zero attached hydrogens (tertiary/aromatic N) is 1. The largest absolute Gasteiger partial charge is 0.497 e. The van der Waals surface area contributed by atoms with Gasteiger partial charge < -0.3 is 15.0 Å². The number of carbonyl (C=O) groups is 2. The normalized spacial score (nSPS) is 13.4. The van der Waals surface area contributed by atoms with Gasteiger partial charge in [0.15, 0.2) is 0 Å². The average molecular weight is 403 g/mol. The van der Waals surface area contributed by atoms with E-state index in [9.17, 15) is 9.59 Å². The summed E-state index contributed by atoms with van der Waals surface area (Å²) >= 11 is 3.45. The Kier molecular flexibility index (Phi) is 5.38. The molecule has 3 rings (SSSR count). The minimum atomic E-state index is -0.181. The van der Waals surface area contributed by atoms with Crippen LogP contribution in [0.5, 0.6) is 5.75 Å². The summed E-state index contributed by atoms with van der Waals surface area (Å²) in [7, 11) is 1.61. The van der Waals surface area contributed by atoms with Gasteiger partial charge in [0.1, 0.15) is 12.3 Å². The van der Waals surface area contributed by atoms with Crippen LogP contribution in [0.1, 0.15) is 17.5 Å². The lowest BCUT2D eigenvalue weighted by atomic mass is 10.0. The maximum Gasteiger partial charge on any atom is 0.240 e. The van der Waals surface area contributed by atoms with Gasteiger partial charge >= 0.3 is 0 Å². The number of methoxy groups -OCH3 is 1. The summed E-state index contributed by atoms with van der Waals surface area (Å²) < 4.78 is 6.09. The third kappa shape index (κ3) is 4.20. The third-order valence-electron chi connectivity index (χ3n) is 4.19. The predicted molar refractivity (Wildman–Crippen MR) is 99.7 cm³/mol. The number of benzene rings is 2. The molecule has 0 unspecified atom stereocenters. The number of halogens is 1. The maximum absolute atomic E-state index is 12.3. The van der Waals surface area contributed by atoms with E-state index in [-0.39, 0.29) is 18.4 Å². The van der Waals surface area contributed by atoms with Gasteiger partial charge in [-0.1, -0.05) is 28.1 Å². The lowest BCUT2D eigenvalue weighted by molar-refractivity contribution is -0.124. The molecule has 5 nitrogen and oxygen atoms in total. The molecule has 2 amide bonds. The Bertz CT molecular complexity index is 790. The molecular formula is C19H19BrN2O3. The van der Waals surface area contributed by atoms with Gasteiger partial charge in [0.25, 0.3) is 0 Å². The number of anilines is 1. The molecule has 0 radical (unpaired) electrons. The molecule has 0 saturated carbocycles. The summed E-state index contributed by atoms with van der Waals surface area (Å²) in [6.45, 7) is 0.446. The fourth-order valence-electron chi connectivity index (χ4n) is 2.85. The summed E-state index contributed by atoms with van der Waals surface area (Å²) in [5.41, 5.74) is 2.87. The van der Waals surface area contributed by atoms with E-state index in [1.807, 2.05) is 42.5 Å². The van der Waals surface area contributed by atoms with Crippen LogP contribution in [0.15, 0.2) is 46.9 Å². The summed E-state index contributed by atoms with van der Waals surface area (Å²) in [6.07, 6.45) is 1.13. The summed E-state index contributed by atoms with van der Waals surface area (Å²) in [4.78, 5) is 26.1. The van der Waals surface area contributed by atoms with Crippen molar-refractivity contribution in [2.45, 2.75) is 19.4 Å². The lowest BCUT2D eigenvalue weighted by Gasteiger charge is -2.29. The predicted octanol–water partition coefficient (Wildman–Crippen LogP) is 3.05. The van der Waals surface area contributed by atoms with Crippen LogP contribution in [0.2, 0.25) is 0 Å². The zero-order chi connectivity index (χ0) is 17.8. The van der Waals surface area contributed by atoms with Crippen LogP contribution in [0.4, 0.5) is 5.69 Å². The molecule has 2 aromatic rings. The van der Waals surface area contributed by atoms with E-state index in [0.29, 0.717) is 19.4 Å². The molecule has 0 aromatic heterocycles. The lowest BCUT2D eigenvalue weighted by Crippen LogP contribution is -2.42. The highest BCUT2D eigenvalue weighted by molar-refractivity contribution is 9.10. The van der Waals surface area contributed by atoms with Gasteiger partial charge in [0.05, 0.1) is 7.11 Å². The smallest absolute Gasteiger partial charge is 0.240 e. The van der Waals surface area contributed by atoms with E-state index in [1.165, 1.54) is 0 Å². The van der Waals surface area contributed by atoms with Crippen molar-refractivity contribution in [3.05, 3.63) is 58.1 Å². The first-order valence-corrected chi connectivity index (χ1v) is 8.84. The van der Waals surface area contributed by atoms with Gasteiger partial charge in [-0.25, -0.2) is 0 Å². The molecular weight excluding hydrogens is 384 g/mol. The first-order valence-electron chi connectivity index (χ1n) is 8.05. The Morgan fingerprint density at radius 3 is 2.68 bits per heavy atom. The molecule has 1 aliphatic rings. The SMILES string of the molecule is COc1ccc(CNC(=O)CN2C(=O)CCc3cc(Br)ccc32)cc1. The maximum atomic E-state index is 12.3. The van der Waals surface area contributed by atoms with Gasteiger partial charge in [0, 0.05) is 23.1 Å². The van der Waals surface area contributed by atoms with Gasteiger partial charge in [-0.2, -0.15) is 0 Å². The topological polar surface area (TPSA) is 58.6 Å². The summed E-state index contributed by atoms with van der Waals surface area (Å²) in [6, 6.07) is 13.3. The first kappa shape index (κ1) is 17.5. The number of hydrogen-bond acceptors (Lipinski definition) is 3. The highest BCUT2D eigenvalue weighted by atomic mass is 79.9. The zero-order valence-electron chi connectivity index (χ0n) is 13.9. The van der Waals surface area contributed by atoms with E-state index < -0.39 is 0 Å². The van der Waals surface area contributed by atoms with Gasteiger partial charge in [-0.05, 0) is 47.9 Å². The number of rotatable bonds is 5. The Morgan fingerprint density at radius 1 is 1.20 bits per heavy atom. The van der Waals surface area contributed by atoms with Crippen molar-refractivity contribution in [2.75, 3.05) is 18.6 Å². The van der Waals surface area contributed by atoms with Crippen LogP contribution in [-0.2, 0) is 22.6 Å². The molecule has 25 heavy (non-hydrogen) atoms. The molecule has 1 aliphatic heterocycles. The average Bonchev–Trinajstić information content (AvgIpc) is 2.63. The number of hydrogen-bond donors (Lipinski definition) is 1. The molecule has 0 spiro atoms. The number of ether oxygens (including phenoxy) is 1. The Hall–Kier alpha value is -2.34. The van der Waals surface area contributed by atoms with E-state index in [4.69, 9.17) is 4.74 Å². The van der Waals surface area contributed by atoms with Gasteiger partial charge in [-0.15, -0.1) is 0 Å². The molecule has 0 atom stereocenters. The van der Waals surface area contributed by atoms with Crippen molar-refractivity contribution in [3.8, 4) is 5.75 Å². The van der Waals surface area contributed by atoms with E-state index in [2.05, 4.69) is 21.2 Å². The summed E-state index contributed by atoms with van der Waals surface area (Å²) in [5.74, 6) is 0.575. The third-order valence-corrected chi connectivity index (χ3v) is 4.69. The molecule has 1 heterocycles. The minimum absolute atomic E-state index is 0.0191. The first-order chi connectivity index (χ1) is 12.1. The highest BCUT2D eigenvalue weighted by Gasteiger charge is 2.25. The van der Waals surface area contributed by atoms with E-state index in [1.54, 1.807) is 12.0 Å². The Balaban J connectivity index is 1.63. The monoisotopic (exact) mass is 402 g/mol. The summed E-state index contributed by atoms with van der Waals surface area (Å²) in [5, 5.41) is 2.86. The van der Waals surface area contributed by atoms with Crippen molar-refractivity contribution in [2.24, 2.45) is 0 Å². The second-order valence-corrected chi connectivity index (χ2v) is 6.79. The second-order valence-electron chi connectivity index (χ2n) is 5.88. The minimum Gasteiger partial charge on any atom is -0.497 e. The van der Waals surface area contributed by atoms with Crippen LogP contribution < -0.4 is 15.0 Å². The van der Waals surface area contributed by atoms with Gasteiger partial charge in [-0.3, -0.25) is 9.59 Å². The van der Waals surface area contributed by atoms with Crippen molar-refractivity contribution >= 4 is 33.4 Å². The number of aryl methyl sites for hydroxylation is 1. The van der Waals surface area contributed by atoms with E-state index in [0.717, 1.165) is 27.0 Å². The molecule has 0 fully saturated rings. The molecule has 0 bridgehead atoms. The van der Waals surface area contributed by atoms with Crippen molar-refractivity contribution < 1.29 is 14.3 Å². The Labute approximate surface area is 155 Å². The van der Waals surface area contributed by atoms with Crippen molar-refractivity contribution in [1.29, 1.82) is 0 Å². The molecule has 6 heteroatoms. The van der Waals surface area contributed by atoms with Crippen molar-refractivity contribution in [3.63, 3.8) is 0 Å². The molecule has 130 valence electrons. The molecule has 0 saturated heterocycles. The molecule has 0 aliphatic carbocycles. The van der Waals surface area contributed by atoms with Gasteiger partial charge in [0.2, 0.25) is 11.8 Å². The second kappa shape index (κ2) is 7.70. The van der Waals surface area contributed by atoms with Crippen molar-refractivity contribution in [1.82, 2.24) is 5.32 Å². The van der Waals surface area contributed by atoms with Crippen LogP contribution in [0.25, 0.3) is 0 Å². The number of fused-ring (bicyclic) bond motifs is 1. The van der Waals surface area contributed by atoms with Crippen LogP contribution in [0, 0.1) is 0 Å². The number of amides is 2. The number of carbonyl (C=O) groups excluding carboxylic acids is 2. The zero-order valence-corrected chi connectivity index (χ0v) is 15.5. The fraction of sp³-hybridized carbons (Fsp3) is 0.263. The number of nitrogens with one attached hydrogen (secondary N) is 1. The van der Waals surface area contributed by atoms with Crippen LogP contribution >= 0.6 is 15.9 Å². The molecule has 2 aromatic carbocycles. The van der Waals surface area contributed by atoms with Crippen LogP contribution in [-0.4, -0.2) is 25.5 Å². The Morgan fingerprint density at radius 2 is 1.96 bits per heavy atom. The van der Waals surface area contributed by atoms with Crippen LogP contribution in [0.3, 0.4) is 0 Å². The molecule has 1 N–H and O–H groups in total. The highest BCUT2D eigenvalue weighted by Crippen LogP contribution is 2.30.